The summed E-state index contributed by atoms with van der Waals surface area (Å²) in [5, 5.41) is 2.76. The lowest BCUT2D eigenvalue weighted by Crippen LogP contribution is -2.12. The first kappa shape index (κ1) is 7.21. The van der Waals surface area contributed by atoms with Gasteiger partial charge in [0.05, 0.1) is 5.70 Å². The van der Waals surface area contributed by atoms with Gasteiger partial charge >= 0.3 is 0 Å². The Morgan fingerprint density at radius 2 is 2.12 bits per heavy atom. The molecule has 0 saturated carbocycles. The summed E-state index contributed by atoms with van der Waals surface area (Å²) < 4.78 is 0. The average Bonchev–Trinajstić information content (AvgIpc) is 1.69. The molecule has 0 aliphatic rings. The monoisotopic (exact) mass is 113 g/mol. The number of carbonyl (C=O) groups is 1. The Hall–Kier alpha value is -0.790. The SMILES string of the molecule is C/C=C(/NC)C(C)=O. The van der Waals surface area contributed by atoms with Crippen LogP contribution in [0.2, 0.25) is 0 Å². The highest BCUT2D eigenvalue weighted by molar-refractivity contribution is 5.92. The molecule has 0 unspecified atom stereocenters. The normalized spacial score (nSPS) is 11.1. The fourth-order valence-electron chi connectivity index (χ4n) is 0.524. The summed E-state index contributed by atoms with van der Waals surface area (Å²) in [7, 11) is 1.73. The molecular formula is C6H11NO. The zero-order valence-electron chi connectivity index (χ0n) is 5.49. The van der Waals surface area contributed by atoms with Crippen LogP contribution in [0, 0.1) is 0 Å². The van der Waals surface area contributed by atoms with E-state index in [4.69, 9.17) is 0 Å². The lowest BCUT2D eigenvalue weighted by molar-refractivity contribution is -0.113. The van der Waals surface area contributed by atoms with E-state index in [9.17, 15) is 4.79 Å². The van der Waals surface area contributed by atoms with Gasteiger partial charge in [-0.3, -0.25) is 4.79 Å². The predicted octanol–water partition coefficient (Wildman–Crippen LogP) is 0.699. The van der Waals surface area contributed by atoms with Gasteiger partial charge < -0.3 is 5.32 Å². The second kappa shape index (κ2) is 3.24. The minimum atomic E-state index is 0.0787. The summed E-state index contributed by atoms with van der Waals surface area (Å²) in [5.41, 5.74) is 0.671. The Labute approximate surface area is 49.6 Å². The van der Waals surface area contributed by atoms with Crippen LogP contribution in [0.5, 0.6) is 0 Å². The van der Waals surface area contributed by atoms with Gasteiger partial charge in [0.25, 0.3) is 0 Å². The minimum absolute atomic E-state index is 0.0787. The highest BCUT2D eigenvalue weighted by Gasteiger charge is 1.94. The first-order chi connectivity index (χ1) is 3.72. The van der Waals surface area contributed by atoms with Crippen molar-refractivity contribution in [2.24, 2.45) is 0 Å². The summed E-state index contributed by atoms with van der Waals surface area (Å²) in [6.07, 6.45) is 1.75. The molecule has 0 atom stereocenters. The number of carbonyl (C=O) groups excluding carboxylic acids is 1. The van der Waals surface area contributed by atoms with Crippen molar-refractivity contribution in [2.75, 3.05) is 7.05 Å². The summed E-state index contributed by atoms with van der Waals surface area (Å²) >= 11 is 0. The van der Waals surface area contributed by atoms with E-state index in [1.807, 2.05) is 6.92 Å². The van der Waals surface area contributed by atoms with Crippen LogP contribution < -0.4 is 5.32 Å². The molecule has 2 heteroatoms. The van der Waals surface area contributed by atoms with E-state index in [1.165, 1.54) is 6.92 Å². The van der Waals surface area contributed by atoms with Crippen molar-refractivity contribution < 1.29 is 4.79 Å². The molecule has 46 valence electrons. The van der Waals surface area contributed by atoms with Crippen LogP contribution in [-0.2, 0) is 4.79 Å². The van der Waals surface area contributed by atoms with E-state index in [-0.39, 0.29) is 5.78 Å². The Morgan fingerprint density at radius 1 is 1.62 bits per heavy atom. The molecule has 0 bridgehead atoms. The zero-order valence-corrected chi connectivity index (χ0v) is 5.49. The number of hydrogen-bond donors (Lipinski definition) is 1. The molecule has 0 aromatic heterocycles. The van der Waals surface area contributed by atoms with Gasteiger partial charge in [-0.15, -0.1) is 0 Å². The van der Waals surface area contributed by atoms with Crippen molar-refractivity contribution >= 4 is 5.78 Å². The number of rotatable bonds is 2. The van der Waals surface area contributed by atoms with E-state index in [0.717, 1.165) is 0 Å². The highest BCUT2D eigenvalue weighted by atomic mass is 16.1. The first-order valence-corrected chi connectivity index (χ1v) is 2.57. The highest BCUT2D eigenvalue weighted by Crippen LogP contribution is 1.86. The van der Waals surface area contributed by atoms with Crippen molar-refractivity contribution in [2.45, 2.75) is 13.8 Å². The van der Waals surface area contributed by atoms with Crippen molar-refractivity contribution in [3.05, 3.63) is 11.8 Å². The maximum absolute atomic E-state index is 10.5. The third-order valence-electron chi connectivity index (χ3n) is 0.937. The smallest absolute Gasteiger partial charge is 0.175 e. The molecule has 0 saturated heterocycles. The number of Topliss-reactive ketones (excluding diaryl/α,β-unsaturated/α-hetero) is 1. The number of likely N-dealkylation sites (N-methyl/N-ethyl adjacent to an activating group) is 1. The van der Waals surface area contributed by atoms with Gasteiger partial charge in [0.2, 0.25) is 0 Å². The minimum Gasteiger partial charge on any atom is -0.386 e. The molecule has 0 aromatic carbocycles. The van der Waals surface area contributed by atoms with Crippen molar-refractivity contribution in [1.29, 1.82) is 0 Å². The molecule has 0 spiro atoms. The van der Waals surface area contributed by atoms with Gasteiger partial charge in [-0.05, 0) is 6.92 Å². The Morgan fingerprint density at radius 3 is 2.12 bits per heavy atom. The summed E-state index contributed by atoms with van der Waals surface area (Å²) in [4.78, 5) is 10.5. The molecule has 1 N–H and O–H groups in total. The Bertz CT molecular complexity index is 116. The molecule has 0 amide bonds. The van der Waals surface area contributed by atoms with Crippen molar-refractivity contribution in [1.82, 2.24) is 5.32 Å². The molecule has 0 radical (unpaired) electrons. The largest absolute Gasteiger partial charge is 0.386 e. The quantitative estimate of drug-likeness (QED) is 0.534. The third-order valence-corrected chi connectivity index (χ3v) is 0.937. The standard InChI is InChI=1S/C6H11NO/c1-4-6(7-3)5(2)8/h4,7H,1-3H3/b6-4+. The molecule has 0 heterocycles. The third kappa shape index (κ3) is 1.78. The van der Waals surface area contributed by atoms with Crippen LogP contribution in [-0.4, -0.2) is 12.8 Å². The van der Waals surface area contributed by atoms with E-state index < -0.39 is 0 Å². The lowest BCUT2D eigenvalue weighted by Gasteiger charge is -1.97. The van der Waals surface area contributed by atoms with Gasteiger partial charge in [-0.1, -0.05) is 6.08 Å². The average molecular weight is 113 g/mol. The van der Waals surface area contributed by atoms with Gasteiger partial charge in [-0.25, -0.2) is 0 Å². The van der Waals surface area contributed by atoms with Crippen molar-refractivity contribution in [3.8, 4) is 0 Å². The molecule has 8 heavy (non-hydrogen) atoms. The first-order valence-electron chi connectivity index (χ1n) is 2.57. The lowest BCUT2D eigenvalue weighted by atomic mass is 10.3. The molecular weight excluding hydrogens is 102 g/mol. The second-order valence-corrected chi connectivity index (χ2v) is 1.51. The fourth-order valence-corrected chi connectivity index (χ4v) is 0.524. The fraction of sp³-hybridized carbons (Fsp3) is 0.500. The summed E-state index contributed by atoms with van der Waals surface area (Å²) in [5.74, 6) is 0.0787. The topological polar surface area (TPSA) is 29.1 Å². The number of allylic oxidation sites excluding steroid dienone is 2. The Kier molecular flexibility index (Phi) is 2.92. The van der Waals surface area contributed by atoms with Gasteiger partial charge in [0.15, 0.2) is 5.78 Å². The number of ketones is 1. The molecule has 0 aliphatic carbocycles. The number of hydrogen-bond acceptors (Lipinski definition) is 2. The van der Waals surface area contributed by atoms with Crippen LogP contribution in [0.25, 0.3) is 0 Å². The van der Waals surface area contributed by atoms with E-state index in [0.29, 0.717) is 5.70 Å². The van der Waals surface area contributed by atoms with Crippen LogP contribution in [0.15, 0.2) is 11.8 Å². The van der Waals surface area contributed by atoms with E-state index in [1.54, 1.807) is 13.1 Å². The van der Waals surface area contributed by atoms with E-state index in [2.05, 4.69) is 5.32 Å². The molecule has 0 rings (SSSR count). The zero-order chi connectivity index (χ0) is 6.57. The second-order valence-electron chi connectivity index (χ2n) is 1.51. The van der Waals surface area contributed by atoms with Gasteiger partial charge in [0.1, 0.15) is 0 Å². The van der Waals surface area contributed by atoms with Crippen LogP contribution in [0.1, 0.15) is 13.8 Å². The molecule has 0 fully saturated rings. The van der Waals surface area contributed by atoms with Crippen LogP contribution in [0.3, 0.4) is 0 Å². The van der Waals surface area contributed by atoms with E-state index >= 15 is 0 Å². The summed E-state index contributed by atoms with van der Waals surface area (Å²) in [6, 6.07) is 0. The maximum atomic E-state index is 10.5. The molecule has 0 aromatic rings. The van der Waals surface area contributed by atoms with Crippen LogP contribution in [0.4, 0.5) is 0 Å². The number of nitrogens with one attached hydrogen (secondary N) is 1. The molecule has 0 aliphatic heterocycles. The van der Waals surface area contributed by atoms with Gasteiger partial charge in [0, 0.05) is 14.0 Å². The van der Waals surface area contributed by atoms with Crippen molar-refractivity contribution in [3.63, 3.8) is 0 Å². The van der Waals surface area contributed by atoms with Crippen LogP contribution >= 0.6 is 0 Å². The molecule has 2 nitrogen and oxygen atoms in total. The van der Waals surface area contributed by atoms with Gasteiger partial charge in [-0.2, -0.15) is 0 Å². The Balaban J connectivity index is 3.92. The summed E-state index contributed by atoms with van der Waals surface area (Å²) in [6.45, 7) is 3.36. The maximum Gasteiger partial charge on any atom is 0.175 e. The predicted molar refractivity (Wildman–Crippen MR) is 33.5 cm³/mol.